The Morgan fingerprint density at radius 1 is 1.14 bits per heavy atom. The molecule has 0 bridgehead atoms. The molecule has 112 valence electrons. The lowest BCUT2D eigenvalue weighted by Crippen LogP contribution is -2.48. The normalized spacial score (nSPS) is 48.1. The van der Waals surface area contributed by atoms with E-state index in [1.165, 1.54) is 24.8 Å². The largest absolute Gasteiger partial charge is 0.295 e. The first-order chi connectivity index (χ1) is 9.95. The Kier molecular flexibility index (Phi) is 2.72. The third-order valence-electron chi connectivity index (χ3n) is 7.48. The Morgan fingerprint density at radius 2 is 1.95 bits per heavy atom. The van der Waals surface area contributed by atoms with E-state index in [0.717, 1.165) is 24.7 Å². The van der Waals surface area contributed by atoms with Crippen LogP contribution in [0.4, 0.5) is 0 Å². The van der Waals surface area contributed by atoms with Crippen molar-refractivity contribution in [1.29, 1.82) is 0 Å². The summed E-state index contributed by atoms with van der Waals surface area (Å²) in [6.45, 7) is 7.24. The van der Waals surface area contributed by atoms with E-state index in [9.17, 15) is 4.79 Å². The van der Waals surface area contributed by atoms with Gasteiger partial charge in [-0.05, 0) is 72.8 Å². The van der Waals surface area contributed by atoms with Crippen molar-refractivity contribution in [3.05, 3.63) is 35.5 Å². The van der Waals surface area contributed by atoms with Crippen LogP contribution in [0.15, 0.2) is 35.5 Å². The number of carbonyl (C=O) groups is 1. The minimum atomic E-state index is 0.241. The van der Waals surface area contributed by atoms with Gasteiger partial charge in [-0.3, -0.25) is 4.79 Å². The Morgan fingerprint density at radius 3 is 2.76 bits per heavy atom. The molecule has 4 aliphatic rings. The van der Waals surface area contributed by atoms with Crippen molar-refractivity contribution < 1.29 is 4.79 Å². The molecule has 0 spiro atoms. The lowest BCUT2D eigenvalue weighted by Gasteiger charge is -2.55. The van der Waals surface area contributed by atoms with Crippen molar-refractivity contribution >= 4 is 5.78 Å². The van der Waals surface area contributed by atoms with Gasteiger partial charge in [0.05, 0.1) is 0 Å². The number of ketones is 1. The minimum Gasteiger partial charge on any atom is -0.295 e. The van der Waals surface area contributed by atoms with Crippen LogP contribution in [0.3, 0.4) is 0 Å². The first-order valence-electron chi connectivity index (χ1n) is 8.55. The van der Waals surface area contributed by atoms with Crippen LogP contribution in [0.25, 0.3) is 0 Å². The second kappa shape index (κ2) is 4.21. The average Bonchev–Trinajstić information content (AvgIpc) is 2.76. The predicted octanol–water partition coefficient (Wildman–Crippen LogP) is 4.85. The summed E-state index contributed by atoms with van der Waals surface area (Å²) in [5, 5.41) is 0. The Hall–Kier alpha value is -1.11. The monoisotopic (exact) mass is 282 g/mol. The van der Waals surface area contributed by atoms with Crippen LogP contribution in [0, 0.1) is 28.6 Å². The van der Waals surface area contributed by atoms with Crippen LogP contribution in [0.2, 0.25) is 0 Å². The van der Waals surface area contributed by atoms with Crippen molar-refractivity contribution in [3.63, 3.8) is 0 Å². The van der Waals surface area contributed by atoms with Gasteiger partial charge in [-0.15, -0.1) is 0 Å². The standard InChI is InChI=1S/C20H26O/c1-13-4-7-17-16-6-5-14-12-15(21)8-10-20(14,3)18(16)9-11-19(13,17)2/h4-6,12,16-18H,7-11H2,1-3H3/t16?,17?,18?,19-,20+/m1/s1. The minimum absolute atomic E-state index is 0.241. The third kappa shape index (κ3) is 1.67. The van der Waals surface area contributed by atoms with E-state index < -0.39 is 0 Å². The SMILES string of the molecule is CC1=CCC2C3C=CC4=CC(=O)CC[C@]4(C)C3CC[C@]12C. The lowest BCUT2D eigenvalue weighted by molar-refractivity contribution is -0.116. The molecule has 4 rings (SSSR count). The topological polar surface area (TPSA) is 17.1 Å². The molecule has 0 amide bonds. The fourth-order valence-corrected chi connectivity index (χ4v) is 5.78. The first-order valence-corrected chi connectivity index (χ1v) is 8.55. The van der Waals surface area contributed by atoms with Crippen LogP contribution in [0.1, 0.15) is 52.9 Å². The molecular formula is C20H26O. The molecule has 0 aromatic carbocycles. The van der Waals surface area contributed by atoms with Crippen LogP contribution in [-0.2, 0) is 4.79 Å². The van der Waals surface area contributed by atoms with Crippen LogP contribution in [0.5, 0.6) is 0 Å². The second-order valence-corrected chi connectivity index (χ2v) is 8.21. The molecule has 3 unspecified atom stereocenters. The molecule has 1 saturated carbocycles. The van der Waals surface area contributed by atoms with E-state index in [0.29, 0.717) is 17.1 Å². The maximum Gasteiger partial charge on any atom is 0.156 e. The molecule has 0 aliphatic heterocycles. The Bertz CT molecular complexity index is 593. The van der Waals surface area contributed by atoms with Crippen LogP contribution < -0.4 is 0 Å². The first kappa shape index (κ1) is 13.5. The Labute approximate surface area is 128 Å². The van der Waals surface area contributed by atoms with Gasteiger partial charge >= 0.3 is 0 Å². The van der Waals surface area contributed by atoms with E-state index in [2.05, 4.69) is 39.0 Å². The van der Waals surface area contributed by atoms with Crippen molar-refractivity contribution in [2.75, 3.05) is 0 Å². The molecule has 0 aromatic rings. The van der Waals surface area contributed by atoms with Gasteiger partial charge < -0.3 is 0 Å². The zero-order valence-corrected chi connectivity index (χ0v) is 13.5. The van der Waals surface area contributed by atoms with Crippen LogP contribution >= 0.6 is 0 Å². The fraction of sp³-hybridized carbons (Fsp3) is 0.650. The number of hydrogen-bond acceptors (Lipinski definition) is 1. The van der Waals surface area contributed by atoms with Gasteiger partial charge in [-0.25, -0.2) is 0 Å². The number of carbonyl (C=O) groups excluding carboxylic acids is 1. The summed E-state index contributed by atoms with van der Waals surface area (Å²) in [5.74, 6) is 2.54. The molecule has 0 radical (unpaired) electrons. The highest BCUT2D eigenvalue weighted by molar-refractivity contribution is 5.92. The smallest absolute Gasteiger partial charge is 0.156 e. The highest BCUT2D eigenvalue weighted by Crippen LogP contribution is 2.63. The second-order valence-electron chi connectivity index (χ2n) is 8.21. The van der Waals surface area contributed by atoms with Gasteiger partial charge in [0.25, 0.3) is 0 Å². The molecule has 0 saturated heterocycles. The summed E-state index contributed by atoms with van der Waals surface area (Å²) in [7, 11) is 0. The molecule has 5 atom stereocenters. The molecule has 1 nitrogen and oxygen atoms in total. The van der Waals surface area contributed by atoms with E-state index in [1.807, 2.05) is 6.08 Å². The zero-order valence-electron chi connectivity index (χ0n) is 13.5. The molecule has 0 N–H and O–H groups in total. The summed E-state index contributed by atoms with van der Waals surface area (Å²) in [6.07, 6.45) is 14.8. The number of allylic oxidation sites excluding steroid dienone is 6. The van der Waals surface area contributed by atoms with Crippen molar-refractivity contribution in [2.24, 2.45) is 28.6 Å². The average molecular weight is 282 g/mol. The highest BCUT2D eigenvalue weighted by Gasteiger charge is 2.54. The quantitative estimate of drug-likeness (QED) is 0.580. The van der Waals surface area contributed by atoms with Gasteiger partial charge in [-0.1, -0.05) is 37.6 Å². The summed E-state index contributed by atoms with van der Waals surface area (Å²) >= 11 is 0. The highest BCUT2D eigenvalue weighted by atomic mass is 16.1. The van der Waals surface area contributed by atoms with Gasteiger partial charge in [0.15, 0.2) is 5.78 Å². The van der Waals surface area contributed by atoms with Gasteiger partial charge in [0.1, 0.15) is 0 Å². The van der Waals surface area contributed by atoms with Crippen LogP contribution in [-0.4, -0.2) is 5.78 Å². The lowest BCUT2D eigenvalue weighted by atomic mass is 9.49. The summed E-state index contributed by atoms with van der Waals surface area (Å²) < 4.78 is 0. The zero-order chi connectivity index (χ0) is 14.8. The summed E-state index contributed by atoms with van der Waals surface area (Å²) in [5.41, 5.74) is 3.59. The number of hydrogen-bond donors (Lipinski definition) is 0. The molecular weight excluding hydrogens is 256 g/mol. The predicted molar refractivity (Wildman–Crippen MR) is 85.8 cm³/mol. The fourth-order valence-electron chi connectivity index (χ4n) is 5.78. The molecule has 21 heavy (non-hydrogen) atoms. The molecule has 1 fully saturated rings. The number of fused-ring (bicyclic) bond motifs is 5. The van der Waals surface area contributed by atoms with Crippen molar-refractivity contribution in [1.82, 2.24) is 0 Å². The summed E-state index contributed by atoms with van der Waals surface area (Å²) in [6, 6.07) is 0. The van der Waals surface area contributed by atoms with Crippen molar-refractivity contribution in [3.8, 4) is 0 Å². The van der Waals surface area contributed by atoms with Crippen molar-refractivity contribution in [2.45, 2.75) is 52.9 Å². The van der Waals surface area contributed by atoms with E-state index in [1.54, 1.807) is 5.57 Å². The van der Waals surface area contributed by atoms with Gasteiger partial charge in [-0.2, -0.15) is 0 Å². The van der Waals surface area contributed by atoms with E-state index >= 15 is 0 Å². The Balaban J connectivity index is 1.76. The maximum absolute atomic E-state index is 11.8. The van der Waals surface area contributed by atoms with Gasteiger partial charge in [0, 0.05) is 6.42 Å². The number of rotatable bonds is 0. The van der Waals surface area contributed by atoms with E-state index in [4.69, 9.17) is 0 Å². The molecule has 0 heterocycles. The molecule has 4 aliphatic carbocycles. The van der Waals surface area contributed by atoms with E-state index in [-0.39, 0.29) is 5.41 Å². The maximum atomic E-state index is 11.8. The summed E-state index contributed by atoms with van der Waals surface area (Å²) in [4.78, 5) is 11.8. The molecule has 1 heteroatoms. The van der Waals surface area contributed by atoms with Gasteiger partial charge in [0.2, 0.25) is 0 Å². The molecule has 0 aromatic heterocycles. The third-order valence-corrected chi connectivity index (χ3v) is 7.48.